The van der Waals surface area contributed by atoms with Gasteiger partial charge in [-0.25, -0.2) is 0 Å². The van der Waals surface area contributed by atoms with Gasteiger partial charge in [0.25, 0.3) is 0 Å². The third-order valence-corrected chi connectivity index (χ3v) is 6.53. The topological polar surface area (TPSA) is 74.8 Å². The monoisotopic (exact) mass is 402 g/mol. The maximum atomic E-state index is 9.09. The second kappa shape index (κ2) is 7.64. The van der Waals surface area contributed by atoms with Crippen LogP contribution in [0.2, 0.25) is 0 Å². The average Bonchev–Trinajstić information content (AvgIpc) is 3.20. The van der Waals surface area contributed by atoms with Crippen molar-refractivity contribution < 1.29 is 14.7 Å². The molecule has 1 aromatic carbocycles. The molecule has 2 heterocycles. The lowest BCUT2D eigenvalue weighted by molar-refractivity contribution is -0.159. The summed E-state index contributed by atoms with van der Waals surface area (Å²) < 4.78 is 13.0. The standard InChI is InChI=1S/C20H22N2O3S2/c1-13(22-23)17-6-5-16(9-14(17)7-8-21)27-18-10-15(11-26-18)20(4)12-24-19(2,3)25-20/h5-6,9-11,23H,7,12H2,1-4H3/b22-13+/t20-/m1/s1. The number of hydrogen-bond acceptors (Lipinski definition) is 7. The van der Waals surface area contributed by atoms with Crippen LogP contribution >= 0.6 is 23.1 Å². The minimum atomic E-state index is -0.571. The number of oxime groups is 1. The largest absolute Gasteiger partial charge is 0.411 e. The zero-order chi connectivity index (χ0) is 19.7. The Morgan fingerprint density at radius 1 is 1.37 bits per heavy atom. The lowest BCUT2D eigenvalue weighted by atomic mass is 10.0. The van der Waals surface area contributed by atoms with E-state index in [1.165, 1.54) is 0 Å². The van der Waals surface area contributed by atoms with E-state index in [1.54, 1.807) is 30.0 Å². The summed E-state index contributed by atoms with van der Waals surface area (Å²) in [6, 6.07) is 10.2. The van der Waals surface area contributed by atoms with Crippen LogP contribution in [-0.4, -0.2) is 23.3 Å². The highest BCUT2D eigenvalue weighted by Crippen LogP contribution is 2.42. The van der Waals surface area contributed by atoms with Gasteiger partial charge in [0.1, 0.15) is 5.60 Å². The van der Waals surface area contributed by atoms with Crippen LogP contribution in [0.15, 0.2) is 43.9 Å². The minimum Gasteiger partial charge on any atom is -0.411 e. The highest BCUT2D eigenvalue weighted by Gasteiger charge is 2.43. The van der Waals surface area contributed by atoms with Crippen LogP contribution in [0.3, 0.4) is 0 Å². The van der Waals surface area contributed by atoms with E-state index >= 15 is 0 Å². The minimum absolute atomic E-state index is 0.268. The Labute approximate surface area is 167 Å². The molecular formula is C20H22N2O3S2. The number of benzene rings is 1. The maximum absolute atomic E-state index is 9.09. The van der Waals surface area contributed by atoms with Gasteiger partial charge in [-0.15, -0.1) is 11.3 Å². The highest BCUT2D eigenvalue weighted by molar-refractivity contribution is 8.01. The summed E-state index contributed by atoms with van der Waals surface area (Å²) in [6.07, 6.45) is 0.268. The molecule has 27 heavy (non-hydrogen) atoms. The smallest absolute Gasteiger partial charge is 0.164 e. The Morgan fingerprint density at radius 2 is 2.15 bits per heavy atom. The number of hydrogen-bond donors (Lipinski definition) is 1. The van der Waals surface area contributed by atoms with Crippen molar-refractivity contribution in [2.75, 3.05) is 6.61 Å². The fourth-order valence-electron chi connectivity index (χ4n) is 3.09. The first-order valence-corrected chi connectivity index (χ1v) is 10.3. The first-order chi connectivity index (χ1) is 12.8. The van der Waals surface area contributed by atoms with Crippen molar-refractivity contribution in [2.24, 2.45) is 5.16 Å². The first kappa shape index (κ1) is 19.9. The Morgan fingerprint density at radius 3 is 2.78 bits per heavy atom. The molecule has 1 aliphatic rings. The van der Waals surface area contributed by atoms with Gasteiger partial charge in [-0.3, -0.25) is 0 Å². The van der Waals surface area contributed by atoms with E-state index in [0.29, 0.717) is 12.3 Å². The molecule has 0 aliphatic carbocycles. The number of nitriles is 1. The van der Waals surface area contributed by atoms with Crippen molar-refractivity contribution in [3.63, 3.8) is 0 Å². The molecule has 1 saturated heterocycles. The molecule has 1 aromatic heterocycles. The zero-order valence-electron chi connectivity index (χ0n) is 15.8. The molecule has 1 aliphatic heterocycles. The molecule has 2 aromatic rings. The fourth-order valence-corrected chi connectivity index (χ4v) is 5.23. The molecule has 0 spiro atoms. The van der Waals surface area contributed by atoms with E-state index in [4.69, 9.17) is 19.9 Å². The number of ether oxygens (including phenoxy) is 2. The van der Waals surface area contributed by atoms with Gasteiger partial charge in [-0.05, 0) is 62.4 Å². The lowest BCUT2D eigenvalue weighted by Gasteiger charge is -2.24. The number of thiophene rings is 1. The van der Waals surface area contributed by atoms with Crippen molar-refractivity contribution in [3.8, 4) is 6.07 Å². The van der Waals surface area contributed by atoms with E-state index in [9.17, 15) is 0 Å². The van der Waals surface area contributed by atoms with Gasteiger partial charge < -0.3 is 14.7 Å². The van der Waals surface area contributed by atoms with Crippen LogP contribution < -0.4 is 0 Å². The van der Waals surface area contributed by atoms with Crippen molar-refractivity contribution in [1.82, 2.24) is 0 Å². The summed E-state index contributed by atoms with van der Waals surface area (Å²) in [7, 11) is 0. The molecular weight excluding hydrogens is 380 g/mol. The fraction of sp³-hybridized carbons (Fsp3) is 0.400. The third-order valence-electron chi connectivity index (χ3n) is 4.46. The third kappa shape index (κ3) is 4.36. The summed E-state index contributed by atoms with van der Waals surface area (Å²) in [4.78, 5) is 1.04. The van der Waals surface area contributed by atoms with E-state index in [-0.39, 0.29) is 6.42 Å². The second-order valence-electron chi connectivity index (χ2n) is 7.12. The van der Waals surface area contributed by atoms with Crippen LogP contribution in [0, 0.1) is 11.3 Å². The van der Waals surface area contributed by atoms with Crippen LogP contribution in [0.4, 0.5) is 0 Å². The normalized spacial score (nSPS) is 22.0. The highest BCUT2D eigenvalue weighted by atomic mass is 32.2. The Kier molecular flexibility index (Phi) is 5.63. The Balaban J connectivity index is 1.82. The summed E-state index contributed by atoms with van der Waals surface area (Å²) >= 11 is 3.31. The van der Waals surface area contributed by atoms with Gasteiger partial charge in [-0.1, -0.05) is 23.0 Å². The molecule has 0 saturated carbocycles. The molecule has 0 bridgehead atoms. The Bertz CT molecular complexity index is 914. The van der Waals surface area contributed by atoms with E-state index in [1.807, 2.05) is 32.0 Å². The predicted octanol–water partition coefficient (Wildman–Crippen LogP) is 5.16. The van der Waals surface area contributed by atoms with Crippen LogP contribution in [-0.2, 0) is 21.5 Å². The summed E-state index contributed by atoms with van der Waals surface area (Å²) in [5.74, 6) is -0.571. The molecule has 3 rings (SSSR count). The van der Waals surface area contributed by atoms with Gasteiger partial charge in [0.15, 0.2) is 5.79 Å². The Hall–Kier alpha value is -1.85. The van der Waals surface area contributed by atoms with E-state index < -0.39 is 11.4 Å². The quantitative estimate of drug-likeness (QED) is 0.425. The van der Waals surface area contributed by atoms with Crippen molar-refractivity contribution >= 4 is 28.8 Å². The van der Waals surface area contributed by atoms with E-state index in [2.05, 4.69) is 29.6 Å². The van der Waals surface area contributed by atoms with Crippen LogP contribution in [0.5, 0.6) is 0 Å². The van der Waals surface area contributed by atoms with Crippen LogP contribution in [0.1, 0.15) is 44.4 Å². The molecule has 1 N–H and O–H groups in total. The molecule has 5 nitrogen and oxygen atoms in total. The maximum Gasteiger partial charge on any atom is 0.164 e. The molecule has 7 heteroatoms. The summed E-state index contributed by atoms with van der Waals surface area (Å²) in [5, 5.41) is 23.5. The molecule has 1 fully saturated rings. The molecule has 142 valence electrons. The second-order valence-corrected chi connectivity index (χ2v) is 9.40. The van der Waals surface area contributed by atoms with E-state index in [0.717, 1.165) is 25.8 Å². The predicted molar refractivity (Wildman–Crippen MR) is 107 cm³/mol. The van der Waals surface area contributed by atoms with Gasteiger partial charge in [-0.2, -0.15) is 5.26 Å². The van der Waals surface area contributed by atoms with Gasteiger partial charge in [0.05, 0.1) is 29.0 Å². The van der Waals surface area contributed by atoms with Gasteiger partial charge >= 0.3 is 0 Å². The first-order valence-electron chi connectivity index (χ1n) is 8.56. The summed E-state index contributed by atoms with van der Waals surface area (Å²) in [5.41, 5.74) is 2.82. The number of rotatable bonds is 5. The van der Waals surface area contributed by atoms with Crippen molar-refractivity contribution in [1.29, 1.82) is 5.26 Å². The lowest BCUT2D eigenvalue weighted by Crippen LogP contribution is -2.27. The molecule has 1 atom stereocenters. The summed E-state index contributed by atoms with van der Waals surface area (Å²) in [6.45, 7) is 8.16. The average molecular weight is 403 g/mol. The van der Waals surface area contributed by atoms with Crippen molar-refractivity contribution in [2.45, 2.75) is 54.6 Å². The SMILES string of the molecule is C/C(=N\O)c1ccc(Sc2cc([C@@]3(C)COC(C)(C)O3)cs2)cc1CC#N. The molecule has 0 unspecified atom stereocenters. The van der Waals surface area contributed by atoms with Gasteiger partial charge in [0.2, 0.25) is 0 Å². The molecule has 0 amide bonds. The number of nitrogens with zero attached hydrogens (tertiary/aromatic N) is 2. The van der Waals surface area contributed by atoms with Crippen molar-refractivity contribution in [3.05, 3.63) is 46.3 Å². The van der Waals surface area contributed by atoms with Crippen LogP contribution in [0.25, 0.3) is 0 Å². The molecule has 0 radical (unpaired) electrons. The van der Waals surface area contributed by atoms with Gasteiger partial charge in [0, 0.05) is 10.5 Å². The zero-order valence-corrected chi connectivity index (χ0v) is 17.4.